The lowest BCUT2D eigenvalue weighted by molar-refractivity contribution is 0.780. The molecule has 11 aromatic rings. The van der Waals surface area contributed by atoms with Crippen molar-refractivity contribution in [2.24, 2.45) is 0 Å². The Morgan fingerprint density at radius 1 is 0.373 bits per heavy atom. The number of benzene rings is 10. The summed E-state index contributed by atoms with van der Waals surface area (Å²) in [7, 11) is 0. The van der Waals surface area contributed by atoms with Gasteiger partial charge in [-0.3, -0.25) is 0 Å². The first-order valence-electron chi connectivity index (χ1n) is 20.9. The number of fused-ring (bicyclic) bond motifs is 9. The van der Waals surface area contributed by atoms with Crippen molar-refractivity contribution in [1.29, 1.82) is 0 Å². The normalized spacial score (nSPS) is 12.2. The molecule has 1 atom stereocenters. The second kappa shape index (κ2) is 14.3. The molecular weight excluding hydrogens is 711 g/mol. The van der Waals surface area contributed by atoms with Crippen LogP contribution in [0.1, 0.15) is 36.0 Å². The van der Waals surface area contributed by atoms with Crippen molar-refractivity contribution in [3.8, 4) is 39.1 Å². The van der Waals surface area contributed by atoms with E-state index in [0.717, 1.165) is 12.1 Å². The van der Waals surface area contributed by atoms with E-state index in [0.29, 0.717) is 0 Å². The number of aromatic nitrogens is 1. The highest BCUT2D eigenvalue weighted by Crippen LogP contribution is 2.42. The molecule has 10 aromatic carbocycles. The van der Waals surface area contributed by atoms with E-state index in [1.54, 1.807) is 0 Å². The van der Waals surface area contributed by atoms with Gasteiger partial charge < -0.3 is 4.57 Å². The van der Waals surface area contributed by atoms with E-state index >= 15 is 0 Å². The molecule has 0 saturated carbocycles. The van der Waals surface area contributed by atoms with Crippen LogP contribution in [0.25, 0.3) is 93.2 Å². The molecule has 0 aliphatic rings. The Hall–Kier alpha value is -7.22. The zero-order valence-electron chi connectivity index (χ0n) is 33.4. The summed E-state index contributed by atoms with van der Waals surface area (Å²) in [5, 5.41) is 10.4. The van der Waals surface area contributed by atoms with Crippen LogP contribution in [-0.4, -0.2) is 4.57 Å². The monoisotopic (exact) mass is 753 g/mol. The third-order valence-electron chi connectivity index (χ3n) is 12.7. The van der Waals surface area contributed by atoms with Gasteiger partial charge in [0.25, 0.3) is 0 Å². The third-order valence-corrected chi connectivity index (χ3v) is 12.7. The zero-order valence-corrected chi connectivity index (χ0v) is 33.4. The highest BCUT2D eigenvalue weighted by atomic mass is 15.0. The third kappa shape index (κ3) is 5.84. The van der Waals surface area contributed by atoms with Gasteiger partial charge in [-0.15, -0.1) is 0 Å². The molecule has 59 heavy (non-hydrogen) atoms. The van der Waals surface area contributed by atoms with Gasteiger partial charge in [0.1, 0.15) is 0 Å². The molecule has 0 saturated heterocycles. The van der Waals surface area contributed by atoms with Crippen molar-refractivity contribution < 1.29 is 0 Å². The van der Waals surface area contributed by atoms with Gasteiger partial charge >= 0.3 is 0 Å². The predicted octanol–water partition coefficient (Wildman–Crippen LogP) is 16.1. The van der Waals surface area contributed by atoms with Crippen molar-refractivity contribution in [2.75, 3.05) is 0 Å². The molecule has 0 fully saturated rings. The maximum Gasteiger partial charge on any atom is 0.0541 e. The molecule has 0 amide bonds. The Morgan fingerprint density at radius 2 is 0.949 bits per heavy atom. The van der Waals surface area contributed by atoms with Gasteiger partial charge in [-0.2, -0.15) is 0 Å². The van der Waals surface area contributed by atoms with Gasteiger partial charge in [0.2, 0.25) is 0 Å². The maximum atomic E-state index is 2.47. The number of rotatable bonds is 7. The summed E-state index contributed by atoms with van der Waals surface area (Å²) < 4.78 is 2.42. The van der Waals surface area contributed by atoms with Crippen molar-refractivity contribution >= 4 is 54.1 Å². The van der Waals surface area contributed by atoms with E-state index in [1.165, 1.54) is 104 Å². The first-order chi connectivity index (χ1) is 29.1. The van der Waals surface area contributed by atoms with Crippen LogP contribution >= 0.6 is 0 Å². The van der Waals surface area contributed by atoms with Crippen molar-refractivity contribution in [2.45, 2.75) is 26.2 Å². The fourth-order valence-corrected chi connectivity index (χ4v) is 9.80. The summed E-state index contributed by atoms with van der Waals surface area (Å²) in [5.74, 6) is 0.242. The fourth-order valence-electron chi connectivity index (χ4n) is 9.80. The average Bonchev–Trinajstić information content (AvgIpc) is 3.64. The number of nitrogens with zero attached hydrogens (tertiary/aromatic N) is 1. The van der Waals surface area contributed by atoms with E-state index in [9.17, 15) is 0 Å². The van der Waals surface area contributed by atoms with Crippen molar-refractivity contribution in [3.63, 3.8) is 0 Å². The van der Waals surface area contributed by atoms with Crippen molar-refractivity contribution in [3.05, 3.63) is 223 Å². The van der Waals surface area contributed by atoms with Gasteiger partial charge in [-0.05, 0) is 138 Å². The van der Waals surface area contributed by atoms with E-state index in [2.05, 4.69) is 225 Å². The highest BCUT2D eigenvalue weighted by Gasteiger charge is 2.20. The predicted molar refractivity (Wildman–Crippen MR) is 253 cm³/mol. The Balaban J connectivity index is 1.01. The second-order valence-corrected chi connectivity index (χ2v) is 16.0. The number of hydrogen-bond donors (Lipinski definition) is 0. The molecule has 1 heteroatoms. The molecule has 0 aliphatic heterocycles. The lowest BCUT2D eigenvalue weighted by atomic mass is 9.82. The molecular formula is C58H43N. The van der Waals surface area contributed by atoms with Crippen LogP contribution in [0.15, 0.2) is 206 Å². The molecule has 280 valence electrons. The quantitative estimate of drug-likeness (QED) is 0.143. The smallest absolute Gasteiger partial charge is 0.0541 e. The van der Waals surface area contributed by atoms with E-state index in [4.69, 9.17) is 0 Å². The standard InChI is InChI=1S/C58H43N/c1-3-45(43-30-32-52-49-23-9-8-21-47(49)48-22-10-12-25-51(48)55(52)37-43)46-20-7-11-24-50(46)54-35-41(29-28-38(54)2)42-31-33-58-56(36-42)53-26-13-14-27-57(53)59(58)44-19-15-18-40(34-44)39-16-5-4-6-17-39/h4-37,45H,3H2,1-2H3. The van der Waals surface area contributed by atoms with Gasteiger partial charge in [0.05, 0.1) is 11.0 Å². The molecule has 1 unspecified atom stereocenters. The molecule has 1 nitrogen and oxygen atoms in total. The first-order valence-corrected chi connectivity index (χ1v) is 20.9. The maximum absolute atomic E-state index is 2.47. The molecule has 0 spiro atoms. The van der Waals surface area contributed by atoms with Crippen LogP contribution < -0.4 is 0 Å². The summed E-state index contributed by atoms with van der Waals surface area (Å²) in [5.41, 5.74) is 15.1. The second-order valence-electron chi connectivity index (χ2n) is 16.0. The Labute approximate surface area is 345 Å². The van der Waals surface area contributed by atoms with Gasteiger partial charge in [-0.25, -0.2) is 0 Å². The SMILES string of the molecule is CCC(c1ccc2c3ccccc3c3ccccc3c2c1)c1ccccc1-c1cc(-c2ccc3c(c2)c2ccccc2n3-c2cccc(-c3ccccc3)c2)ccc1C. The largest absolute Gasteiger partial charge is 0.309 e. The van der Waals surface area contributed by atoms with E-state index < -0.39 is 0 Å². The first kappa shape index (κ1) is 35.0. The van der Waals surface area contributed by atoms with Crippen LogP contribution in [0.3, 0.4) is 0 Å². The van der Waals surface area contributed by atoms with Gasteiger partial charge in [0.15, 0.2) is 0 Å². The minimum absolute atomic E-state index is 0.242. The van der Waals surface area contributed by atoms with Gasteiger partial charge in [0, 0.05) is 22.4 Å². The minimum atomic E-state index is 0.242. The Morgan fingerprint density at radius 3 is 1.71 bits per heavy atom. The van der Waals surface area contributed by atoms with Crippen LogP contribution in [0.2, 0.25) is 0 Å². The zero-order chi connectivity index (χ0) is 39.5. The molecule has 1 aromatic heterocycles. The van der Waals surface area contributed by atoms with Crippen LogP contribution in [0.4, 0.5) is 0 Å². The molecule has 0 N–H and O–H groups in total. The number of hydrogen-bond acceptors (Lipinski definition) is 0. The summed E-state index contributed by atoms with van der Waals surface area (Å²) in [6.45, 7) is 4.58. The topological polar surface area (TPSA) is 4.93 Å². The molecule has 11 rings (SSSR count). The van der Waals surface area contributed by atoms with Crippen LogP contribution in [0, 0.1) is 6.92 Å². The lowest BCUT2D eigenvalue weighted by Crippen LogP contribution is -2.03. The highest BCUT2D eigenvalue weighted by molar-refractivity contribution is 6.25. The summed E-state index contributed by atoms with van der Waals surface area (Å²) >= 11 is 0. The average molecular weight is 754 g/mol. The summed E-state index contributed by atoms with van der Waals surface area (Å²) in [4.78, 5) is 0. The van der Waals surface area contributed by atoms with Crippen LogP contribution in [0.5, 0.6) is 0 Å². The Kier molecular flexibility index (Phi) is 8.48. The minimum Gasteiger partial charge on any atom is -0.309 e. The lowest BCUT2D eigenvalue weighted by Gasteiger charge is -2.22. The van der Waals surface area contributed by atoms with E-state index in [1.807, 2.05) is 0 Å². The number of para-hydroxylation sites is 1. The Bertz CT molecular complexity index is 3350. The van der Waals surface area contributed by atoms with Gasteiger partial charge in [-0.1, -0.05) is 171 Å². The molecule has 0 aliphatic carbocycles. The van der Waals surface area contributed by atoms with E-state index in [-0.39, 0.29) is 5.92 Å². The van der Waals surface area contributed by atoms with Crippen LogP contribution in [-0.2, 0) is 0 Å². The summed E-state index contributed by atoms with van der Waals surface area (Å²) in [6.07, 6.45) is 1.00. The molecule has 0 radical (unpaired) electrons. The summed E-state index contributed by atoms with van der Waals surface area (Å²) in [6, 6.07) is 76.4. The molecule has 0 bridgehead atoms. The molecule has 1 heterocycles. The number of aryl methyl sites for hydroxylation is 1. The van der Waals surface area contributed by atoms with Crippen molar-refractivity contribution in [1.82, 2.24) is 4.57 Å². The fraction of sp³-hybridized carbons (Fsp3) is 0.0690.